The van der Waals surface area contributed by atoms with Crippen LogP contribution < -0.4 is 0 Å². The molecule has 0 N–H and O–H groups in total. The topological polar surface area (TPSA) is 158 Å². The molecule has 0 bridgehead atoms. The van der Waals surface area contributed by atoms with Gasteiger partial charge in [-0.2, -0.15) is 0 Å². The predicted molar refractivity (Wildman–Crippen MR) is 123 cm³/mol. The van der Waals surface area contributed by atoms with Crippen molar-refractivity contribution in [2.75, 3.05) is 39.6 Å². The van der Waals surface area contributed by atoms with Crippen molar-refractivity contribution in [1.82, 2.24) is 0 Å². The molecule has 0 heterocycles. The van der Waals surface area contributed by atoms with Gasteiger partial charge in [0.15, 0.2) is 0 Å². The monoisotopic (exact) mass is 514 g/mol. The largest absolute Gasteiger partial charge is 0.466 e. The highest BCUT2D eigenvalue weighted by Gasteiger charge is 2.33. The molecule has 0 saturated heterocycles. The van der Waals surface area contributed by atoms with Gasteiger partial charge in [-0.15, -0.1) is 0 Å². The molecule has 2 atom stereocenters. The zero-order chi connectivity index (χ0) is 27.7. The van der Waals surface area contributed by atoms with E-state index in [1.54, 1.807) is 27.7 Å². The van der Waals surface area contributed by atoms with E-state index in [-0.39, 0.29) is 37.6 Å². The normalized spacial score (nSPS) is 11.8. The first-order chi connectivity index (χ1) is 17.0. The summed E-state index contributed by atoms with van der Waals surface area (Å²) in [5.41, 5.74) is -0.598. The van der Waals surface area contributed by atoms with Gasteiger partial charge >= 0.3 is 35.8 Å². The van der Waals surface area contributed by atoms with E-state index in [4.69, 9.17) is 28.4 Å². The Kier molecular flexibility index (Phi) is 15.9. The lowest BCUT2D eigenvalue weighted by atomic mass is 9.97. The summed E-state index contributed by atoms with van der Waals surface area (Å²) in [4.78, 5) is 72.7. The highest BCUT2D eigenvalue weighted by atomic mass is 16.6. The van der Waals surface area contributed by atoms with Crippen LogP contribution in [0.3, 0.4) is 0 Å². The van der Waals surface area contributed by atoms with Crippen LogP contribution in [0.25, 0.3) is 0 Å². The Bertz CT molecular complexity index is 761. The molecule has 0 aromatic rings. The van der Waals surface area contributed by atoms with Crippen molar-refractivity contribution in [3.63, 3.8) is 0 Å². The summed E-state index contributed by atoms with van der Waals surface area (Å²) in [5, 5.41) is 0. The average molecular weight is 515 g/mol. The minimum Gasteiger partial charge on any atom is -0.466 e. The quantitative estimate of drug-likeness (QED) is 0.119. The molecule has 0 aromatic heterocycles. The number of hydrogen-bond donors (Lipinski definition) is 0. The van der Waals surface area contributed by atoms with Crippen LogP contribution in [-0.4, -0.2) is 75.5 Å². The van der Waals surface area contributed by atoms with E-state index >= 15 is 0 Å². The van der Waals surface area contributed by atoms with Gasteiger partial charge < -0.3 is 28.4 Å². The molecule has 0 saturated carbocycles. The molecular weight excluding hydrogens is 480 g/mol. The molecule has 0 spiro atoms. The summed E-state index contributed by atoms with van der Waals surface area (Å²) in [7, 11) is 0. The van der Waals surface area contributed by atoms with Crippen molar-refractivity contribution in [1.29, 1.82) is 0 Å². The van der Waals surface area contributed by atoms with Gasteiger partial charge in [0.2, 0.25) is 0 Å². The maximum absolute atomic E-state index is 12.5. The molecule has 0 amide bonds. The molecule has 0 aliphatic heterocycles. The fraction of sp³-hybridized carbons (Fsp3) is 0.583. The van der Waals surface area contributed by atoms with E-state index in [0.29, 0.717) is 0 Å². The first-order valence-corrected chi connectivity index (χ1v) is 11.4. The van der Waals surface area contributed by atoms with E-state index in [2.05, 4.69) is 13.2 Å². The number of ether oxygens (including phenoxy) is 6. The fourth-order valence-corrected chi connectivity index (χ4v) is 2.69. The van der Waals surface area contributed by atoms with Gasteiger partial charge in [-0.3, -0.25) is 19.2 Å². The number of carbonyl (C=O) groups is 6. The zero-order valence-electron chi connectivity index (χ0n) is 21.1. The molecule has 2 unspecified atom stereocenters. The molecule has 202 valence electrons. The Hall–Kier alpha value is -3.70. The summed E-state index contributed by atoms with van der Waals surface area (Å²) < 4.78 is 29.3. The Balaban J connectivity index is 5.18. The fourth-order valence-electron chi connectivity index (χ4n) is 2.69. The summed E-state index contributed by atoms with van der Waals surface area (Å²) in [6.07, 6.45) is -1.02. The molecule has 12 heteroatoms. The summed E-state index contributed by atoms with van der Waals surface area (Å²) in [5.74, 6) is -8.00. The third kappa shape index (κ3) is 11.6. The molecule has 0 radical (unpaired) electrons. The van der Waals surface area contributed by atoms with Crippen molar-refractivity contribution in [3.05, 3.63) is 24.3 Å². The lowest BCUT2D eigenvalue weighted by Crippen LogP contribution is -2.30. The van der Waals surface area contributed by atoms with Crippen molar-refractivity contribution in [2.24, 2.45) is 11.8 Å². The Labute approximate surface area is 209 Å². The summed E-state index contributed by atoms with van der Waals surface area (Å²) in [6.45, 7) is 12.6. The van der Waals surface area contributed by atoms with Crippen LogP contribution in [0, 0.1) is 11.8 Å². The molecule has 0 aliphatic carbocycles. The van der Waals surface area contributed by atoms with Gasteiger partial charge in [-0.25, -0.2) is 9.59 Å². The van der Waals surface area contributed by atoms with E-state index in [1.807, 2.05) is 0 Å². The minimum absolute atomic E-state index is 0.0268. The van der Waals surface area contributed by atoms with Crippen LogP contribution in [0.2, 0.25) is 0 Å². The number of hydrogen-bond acceptors (Lipinski definition) is 12. The van der Waals surface area contributed by atoms with E-state index < -0.39 is 73.7 Å². The first kappa shape index (κ1) is 32.3. The second kappa shape index (κ2) is 17.7. The van der Waals surface area contributed by atoms with Crippen molar-refractivity contribution in [3.8, 4) is 0 Å². The van der Waals surface area contributed by atoms with E-state index in [9.17, 15) is 28.8 Å². The SMILES string of the molecule is C=C(C(=O)OCC)C(CC(=O)OCC)C(=O)OCCOC(=O)C(CC(=O)OCC)C(=C)C(=O)OCC. The van der Waals surface area contributed by atoms with Gasteiger partial charge in [0.25, 0.3) is 0 Å². The molecular formula is C24H34O12. The molecule has 36 heavy (non-hydrogen) atoms. The van der Waals surface area contributed by atoms with Gasteiger partial charge in [0, 0.05) is 11.1 Å². The Morgan fingerprint density at radius 2 is 0.833 bits per heavy atom. The lowest BCUT2D eigenvalue weighted by molar-refractivity contribution is -0.160. The minimum atomic E-state index is -1.38. The average Bonchev–Trinajstić information content (AvgIpc) is 2.83. The molecule has 12 nitrogen and oxygen atoms in total. The van der Waals surface area contributed by atoms with Crippen LogP contribution in [0.1, 0.15) is 40.5 Å². The summed E-state index contributed by atoms with van der Waals surface area (Å²) >= 11 is 0. The van der Waals surface area contributed by atoms with Crippen LogP contribution in [-0.2, 0) is 57.2 Å². The second-order valence-electron chi connectivity index (χ2n) is 6.95. The molecule has 0 aliphatic rings. The standard InChI is InChI=1S/C24H34O12/c1-7-31-19(25)13-17(15(5)21(27)33-9-3)23(29)35-11-12-36-24(30)18(14-20(26)32-8-2)16(6)22(28)34-10-4/h17-18H,5-14H2,1-4H3. The second-order valence-corrected chi connectivity index (χ2v) is 6.95. The third-order valence-electron chi connectivity index (χ3n) is 4.41. The smallest absolute Gasteiger partial charge is 0.334 e. The summed E-state index contributed by atoms with van der Waals surface area (Å²) in [6, 6.07) is 0. The predicted octanol–water partition coefficient (Wildman–Crippen LogP) is 1.45. The van der Waals surface area contributed by atoms with Crippen LogP contribution in [0.5, 0.6) is 0 Å². The number of rotatable bonds is 17. The highest BCUT2D eigenvalue weighted by Crippen LogP contribution is 2.20. The van der Waals surface area contributed by atoms with Crippen molar-refractivity contribution in [2.45, 2.75) is 40.5 Å². The highest BCUT2D eigenvalue weighted by molar-refractivity contribution is 5.97. The maximum atomic E-state index is 12.5. The van der Waals surface area contributed by atoms with Gasteiger partial charge in [0.05, 0.1) is 51.1 Å². The lowest BCUT2D eigenvalue weighted by Gasteiger charge is -2.18. The van der Waals surface area contributed by atoms with Gasteiger partial charge in [-0.05, 0) is 27.7 Å². The van der Waals surface area contributed by atoms with Gasteiger partial charge in [-0.1, -0.05) is 13.2 Å². The number of esters is 6. The third-order valence-corrected chi connectivity index (χ3v) is 4.41. The van der Waals surface area contributed by atoms with Crippen molar-refractivity contribution < 1.29 is 57.2 Å². The molecule has 0 rings (SSSR count). The molecule has 0 aromatic carbocycles. The Morgan fingerprint density at radius 3 is 1.11 bits per heavy atom. The van der Waals surface area contributed by atoms with Crippen molar-refractivity contribution >= 4 is 35.8 Å². The van der Waals surface area contributed by atoms with E-state index in [1.165, 1.54) is 0 Å². The molecule has 0 fully saturated rings. The zero-order valence-corrected chi connectivity index (χ0v) is 21.1. The van der Waals surface area contributed by atoms with Crippen LogP contribution in [0.4, 0.5) is 0 Å². The van der Waals surface area contributed by atoms with Crippen LogP contribution >= 0.6 is 0 Å². The number of carbonyl (C=O) groups excluding carboxylic acids is 6. The van der Waals surface area contributed by atoms with Gasteiger partial charge in [0.1, 0.15) is 13.2 Å². The first-order valence-electron chi connectivity index (χ1n) is 11.4. The van der Waals surface area contributed by atoms with E-state index in [0.717, 1.165) is 0 Å². The van der Waals surface area contributed by atoms with Crippen LogP contribution in [0.15, 0.2) is 24.3 Å². The maximum Gasteiger partial charge on any atom is 0.334 e. The Morgan fingerprint density at radius 1 is 0.528 bits per heavy atom.